The number of hydrogen-bond donors (Lipinski definition) is 0. The zero-order chi connectivity index (χ0) is 15.5. The molecule has 2 aromatic rings. The first-order valence-corrected chi connectivity index (χ1v) is 7.67. The summed E-state index contributed by atoms with van der Waals surface area (Å²) in [6, 6.07) is 9.28. The first-order chi connectivity index (χ1) is 10.6. The van der Waals surface area contributed by atoms with E-state index in [9.17, 15) is 4.79 Å². The topological polar surface area (TPSA) is 51.7 Å². The molecule has 1 aromatic heterocycles. The van der Waals surface area contributed by atoms with Crippen LogP contribution in [-0.4, -0.2) is 42.1 Å². The summed E-state index contributed by atoms with van der Waals surface area (Å²) in [5.74, 6) is 1.35. The predicted molar refractivity (Wildman–Crippen MR) is 85.3 cm³/mol. The van der Waals surface area contributed by atoms with Crippen molar-refractivity contribution in [2.45, 2.75) is 6.10 Å². The zero-order valence-electron chi connectivity index (χ0n) is 12.0. The molecule has 0 unspecified atom stereocenters. The number of likely N-dealkylation sites (N-methyl/N-ethyl adjacent to an activating group) is 1. The number of aromatic nitrogens is 1. The van der Waals surface area contributed by atoms with Crippen molar-refractivity contribution in [1.29, 1.82) is 0 Å². The summed E-state index contributed by atoms with van der Waals surface area (Å²) < 4.78 is 12.3. The summed E-state index contributed by atoms with van der Waals surface area (Å²) in [4.78, 5) is 18.0. The highest BCUT2D eigenvalue weighted by Gasteiger charge is 2.24. The Kier molecular flexibility index (Phi) is 4.29. The lowest BCUT2D eigenvalue weighted by atomic mass is 10.2. The van der Waals surface area contributed by atoms with Gasteiger partial charge in [0.15, 0.2) is 17.6 Å². The van der Waals surface area contributed by atoms with Gasteiger partial charge in [-0.25, -0.2) is 0 Å². The number of carbonyl (C=O) groups excluding carboxylic acids is 1. The predicted octanol–water partition coefficient (Wildman–Crippen LogP) is 2.76. The lowest BCUT2D eigenvalue weighted by molar-refractivity contribution is 0.0520. The Morgan fingerprint density at radius 2 is 2.14 bits per heavy atom. The van der Waals surface area contributed by atoms with E-state index in [0.717, 1.165) is 10.2 Å². The van der Waals surface area contributed by atoms with Gasteiger partial charge in [-0.05, 0) is 34.1 Å². The summed E-state index contributed by atoms with van der Waals surface area (Å²) in [5, 5.41) is 0. The Bertz CT molecular complexity index is 693. The summed E-state index contributed by atoms with van der Waals surface area (Å²) in [5.41, 5.74) is 0.536. The van der Waals surface area contributed by atoms with Gasteiger partial charge in [-0.3, -0.25) is 9.78 Å². The number of amides is 1. The number of benzene rings is 1. The van der Waals surface area contributed by atoms with Crippen molar-refractivity contribution >= 4 is 21.8 Å². The second-order valence-corrected chi connectivity index (χ2v) is 5.99. The Morgan fingerprint density at radius 3 is 2.91 bits per heavy atom. The molecule has 3 rings (SSSR count). The molecular formula is C16H15BrN2O3. The van der Waals surface area contributed by atoms with Crippen LogP contribution in [0, 0.1) is 0 Å². The van der Waals surface area contributed by atoms with E-state index in [1.165, 1.54) is 0 Å². The third kappa shape index (κ3) is 3.22. The summed E-state index contributed by atoms with van der Waals surface area (Å²) >= 11 is 3.32. The Balaban J connectivity index is 1.65. The molecular weight excluding hydrogens is 348 g/mol. The first kappa shape index (κ1) is 14.8. The van der Waals surface area contributed by atoms with E-state index in [2.05, 4.69) is 20.9 Å². The van der Waals surface area contributed by atoms with Gasteiger partial charge in [0, 0.05) is 23.9 Å². The highest BCUT2D eigenvalue weighted by molar-refractivity contribution is 9.10. The van der Waals surface area contributed by atoms with Gasteiger partial charge in [-0.2, -0.15) is 0 Å². The molecule has 1 aliphatic heterocycles. The molecule has 0 spiro atoms. The van der Waals surface area contributed by atoms with Crippen molar-refractivity contribution in [3.05, 3.63) is 52.8 Å². The molecule has 1 amide bonds. The van der Waals surface area contributed by atoms with Gasteiger partial charge in [-0.1, -0.05) is 12.1 Å². The van der Waals surface area contributed by atoms with Crippen LogP contribution in [0.2, 0.25) is 0 Å². The minimum atomic E-state index is -0.191. The Hall–Kier alpha value is -2.08. The minimum absolute atomic E-state index is 0.101. The van der Waals surface area contributed by atoms with Crippen molar-refractivity contribution < 1.29 is 14.3 Å². The molecule has 1 aliphatic rings. The molecule has 0 saturated carbocycles. The number of nitrogens with zero attached hydrogens (tertiary/aromatic N) is 2. The second kappa shape index (κ2) is 6.36. The number of ether oxygens (including phenoxy) is 2. The largest absolute Gasteiger partial charge is 0.486 e. The smallest absolute Gasteiger partial charge is 0.255 e. The maximum absolute atomic E-state index is 12.4. The van der Waals surface area contributed by atoms with E-state index >= 15 is 0 Å². The van der Waals surface area contributed by atoms with Gasteiger partial charge < -0.3 is 14.4 Å². The fourth-order valence-corrected chi connectivity index (χ4v) is 2.66. The number of fused-ring (bicyclic) bond motifs is 1. The lowest BCUT2D eigenvalue weighted by Gasteiger charge is -2.29. The molecule has 2 heterocycles. The number of carbonyl (C=O) groups is 1. The van der Waals surface area contributed by atoms with E-state index in [0.29, 0.717) is 24.5 Å². The summed E-state index contributed by atoms with van der Waals surface area (Å²) in [6.07, 6.45) is 3.01. The van der Waals surface area contributed by atoms with Gasteiger partial charge in [-0.15, -0.1) is 0 Å². The van der Waals surface area contributed by atoms with E-state index in [1.54, 1.807) is 30.4 Å². The SMILES string of the molecule is CN(C[C@H]1COc2ccccc2O1)C(=O)c1cncc(Br)c1. The van der Waals surface area contributed by atoms with Gasteiger partial charge in [0.2, 0.25) is 0 Å². The minimum Gasteiger partial charge on any atom is -0.486 e. The van der Waals surface area contributed by atoms with Crippen LogP contribution < -0.4 is 9.47 Å². The van der Waals surface area contributed by atoms with Crippen LogP contribution in [0.25, 0.3) is 0 Å². The van der Waals surface area contributed by atoms with Gasteiger partial charge >= 0.3 is 0 Å². The Morgan fingerprint density at radius 1 is 1.36 bits per heavy atom. The Labute approximate surface area is 137 Å². The molecule has 0 fully saturated rings. The maximum atomic E-state index is 12.4. The van der Waals surface area contributed by atoms with Crippen molar-refractivity contribution in [3.63, 3.8) is 0 Å². The molecule has 0 saturated heterocycles. The van der Waals surface area contributed by atoms with E-state index in [4.69, 9.17) is 9.47 Å². The number of hydrogen-bond acceptors (Lipinski definition) is 4. The third-order valence-electron chi connectivity index (χ3n) is 3.34. The molecule has 114 valence electrons. The molecule has 1 aromatic carbocycles. The first-order valence-electron chi connectivity index (χ1n) is 6.88. The van der Waals surface area contributed by atoms with Crippen LogP contribution in [0.15, 0.2) is 47.2 Å². The van der Waals surface area contributed by atoms with Crippen molar-refractivity contribution in [2.24, 2.45) is 0 Å². The number of pyridine rings is 1. The third-order valence-corrected chi connectivity index (χ3v) is 3.78. The van der Waals surface area contributed by atoms with Crippen LogP contribution >= 0.6 is 15.9 Å². The molecule has 5 nitrogen and oxygen atoms in total. The molecule has 22 heavy (non-hydrogen) atoms. The van der Waals surface area contributed by atoms with Crippen molar-refractivity contribution in [3.8, 4) is 11.5 Å². The molecule has 0 radical (unpaired) electrons. The van der Waals surface area contributed by atoms with Crippen molar-refractivity contribution in [2.75, 3.05) is 20.2 Å². The van der Waals surface area contributed by atoms with Crippen LogP contribution in [-0.2, 0) is 0 Å². The quantitative estimate of drug-likeness (QED) is 0.842. The molecule has 0 aliphatic carbocycles. The monoisotopic (exact) mass is 362 g/mol. The molecule has 0 N–H and O–H groups in total. The highest BCUT2D eigenvalue weighted by Crippen LogP contribution is 2.31. The number of rotatable bonds is 3. The standard InChI is InChI=1S/C16H15BrN2O3/c1-19(16(20)11-6-12(17)8-18-7-11)9-13-10-21-14-4-2-3-5-15(14)22-13/h2-8,13H,9-10H2,1H3/t13-/m0/s1. The van der Waals surface area contributed by atoms with Gasteiger partial charge in [0.05, 0.1) is 12.1 Å². The zero-order valence-corrected chi connectivity index (χ0v) is 13.6. The molecule has 0 bridgehead atoms. The summed E-state index contributed by atoms with van der Waals surface area (Å²) in [7, 11) is 1.74. The average Bonchev–Trinajstić information content (AvgIpc) is 2.54. The molecule has 1 atom stereocenters. The summed E-state index contributed by atoms with van der Waals surface area (Å²) in [6.45, 7) is 0.866. The average molecular weight is 363 g/mol. The van der Waals surface area contributed by atoms with E-state index in [1.807, 2.05) is 24.3 Å². The van der Waals surface area contributed by atoms with E-state index in [-0.39, 0.29) is 12.0 Å². The fourth-order valence-electron chi connectivity index (χ4n) is 2.29. The fraction of sp³-hybridized carbons (Fsp3) is 0.250. The van der Waals surface area contributed by atoms with Crippen molar-refractivity contribution in [1.82, 2.24) is 9.88 Å². The second-order valence-electron chi connectivity index (χ2n) is 5.08. The maximum Gasteiger partial charge on any atom is 0.255 e. The number of halogens is 1. The van der Waals surface area contributed by atoms with Crippen LogP contribution in [0.5, 0.6) is 11.5 Å². The van der Waals surface area contributed by atoms with Gasteiger partial charge in [0.1, 0.15) is 6.61 Å². The highest BCUT2D eigenvalue weighted by atomic mass is 79.9. The molecule has 6 heteroatoms. The van der Waals surface area contributed by atoms with Crippen LogP contribution in [0.1, 0.15) is 10.4 Å². The normalized spacial score (nSPS) is 16.2. The van der Waals surface area contributed by atoms with Gasteiger partial charge in [0.25, 0.3) is 5.91 Å². The van der Waals surface area contributed by atoms with E-state index < -0.39 is 0 Å². The number of para-hydroxylation sites is 2. The lowest BCUT2D eigenvalue weighted by Crippen LogP contribution is -2.41. The van der Waals surface area contributed by atoms with Crippen LogP contribution in [0.4, 0.5) is 0 Å². The van der Waals surface area contributed by atoms with Crippen LogP contribution in [0.3, 0.4) is 0 Å².